The van der Waals surface area contributed by atoms with Crippen molar-refractivity contribution in [1.82, 2.24) is 10.6 Å². The maximum Gasteiger partial charge on any atom is 0.314 e. The van der Waals surface area contributed by atoms with Crippen molar-refractivity contribution in [3.8, 4) is 5.75 Å². The largest absolute Gasteiger partial charge is 0.496 e. The van der Waals surface area contributed by atoms with Crippen molar-refractivity contribution in [3.05, 3.63) is 28.8 Å². The van der Waals surface area contributed by atoms with E-state index < -0.39 is 0 Å². The van der Waals surface area contributed by atoms with Crippen LogP contribution in [0.1, 0.15) is 30.5 Å². The van der Waals surface area contributed by atoms with E-state index in [2.05, 4.69) is 23.6 Å². The standard InChI is InChI=1S/C15H24N2O2/c1-10(2)17-15(18)16-7-6-13-8-12(4)14(19-5)9-11(13)3/h8-10H,6-7H2,1-5H3,(H2,16,17,18). The molecule has 0 spiro atoms. The maximum atomic E-state index is 11.5. The van der Waals surface area contributed by atoms with E-state index in [1.165, 1.54) is 11.1 Å². The summed E-state index contributed by atoms with van der Waals surface area (Å²) in [7, 11) is 1.68. The van der Waals surface area contributed by atoms with Crippen LogP contribution in [0.3, 0.4) is 0 Å². The van der Waals surface area contributed by atoms with Crippen LogP contribution in [0.5, 0.6) is 5.75 Å². The summed E-state index contributed by atoms with van der Waals surface area (Å²) >= 11 is 0. The Kier molecular flexibility index (Phi) is 5.67. The molecule has 1 rings (SSSR count). The number of hydrogen-bond acceptors (Lipinski definition) is 2. The maximum absolute atomic E-state index is 11.5. The monoisotopic (exact) mass is 264 g/mol. The zero-order chi connectivity index (χ0) is 14.4. The second-order valence-electron chi connectivity index (χ2n) is 5.05. The quantitative estimate of drug-likeness (QED) is 0.858. The third kappa shape index (κ3) is 4.81. The highest BCUT2D eigenvalue weighted by Gasteiger charge is 2.06. The minimum Gasteiger partial charge on any atom is -0.496 e. The molecule has 0 unspecified atom stereocenters. The molecule has 0 fully saturated rings. The second-order valence-corrected chi connectivity index (χ2v) is 5.05. The highest BCUT2D eigenvalue weighted by Crippen LogP contribution is 2.22. The molecule has 106 valence electrons. The lowest BCUT2D eigenvalue weighted by molar-refractivity contribution is 0.238. The Labute approximate surface area is 115 Å². The fraction of sp³-hybridized carbons (Fsp3) is 0.533. The molecule has 0 bridgehead atoms. The molecular weight excluding hydrogens is 240 g/mol. The van der Waals surface area contributed by atoms with E-state index in [1.807, 2.05) is 26.8 Å². The van der Waals surface area contributed by atoms with Crippen molar-refractivity contribution in [2.45, 2.75) is 40.2 Å². The fourth-order valence-electron chi connectivity index (χ4n) is 1.96. The summed E-state index contributed by atoms with van der Waals surface area (Å²) in [6.45, 7) is 8.60. The summed E-state index contributed by atoms with van der Waals surface area (Å²) in [5.74, 6) is 0.909. The van der Waals surface area contributed by atoms with E-state index >= 15 is 0 Å². The second kappa shape index (κ2) is 7.02. The zero-order valence-corrected chi connectivity index (χ0v) is 12.5. The van der Waals surface area contributed by atoms with Gasteiger partial charge >= 0.3 is 6.03 Å². The lowest BCUT2D eigenvalue weighted by atomic mass is 10.0. The molecule has 4 nitrogen and oxygen atoms in total. The van der Waals surface area contributed by atoms with Crippen LogP contribution in [0.25, 0.3) is 0 Å². The number of amides is 2. The van der Waals surface area contributed by atoms with Gasteiger partial charge < -0.3 is 15.4 Å². The Morgan fingerprint density at radius 3 is 2.53 bits per heavy atom. The van der Waals surface area contributed by atoms with Gasteiger partial charge in [-0.2, -0.15) is 0 Å². The van der Waals surface area contributed by atoms with Gasteiger partial charge in [0.25, 0.3) is 0 Å². The van der Waals surface area contributed by atoms with Gasteiger partial charge in [-0.05, 0) is 56.9 Å². The molecule has 4 heteroatoms. The molecule has 1 aromatic rings. The number of methoxy groups -OCH3 is 1. The normalized spacial score (nSPS) is 10.4. The van der Waals surface area contributed by atoms with E-state index in [1.54, 1.807) is 7.11 Å². The van der Waals surface area contributed by atoms with Crippen molar-refractivity contribution < 1.29 is 9.53 Å². The summed E-state index contributed by atoms with van der Waals surface area (Å²) < 4.78 is 5.29. The zero-order valence-electron chi connectivity index (χ0n) is 12.5. The smallest absolute Gasteiger partial charge is 0.314 e. The molecule has 0 aliphatic carbocycles. The van der Waals surface area contributed by atoms with Gasteiger partial charge in [-0.1, -0.05) is 6.07 Å². The molecule has 0 aliphatic heterocycles. The third-order valence-corrected chi connectivity index (χ3v) is 2.95. The van der Waals surface area contributed by atoms with E-state index in [-0.39, 0.29) is 12.1 Å². The Balaban J connectivity index is 2.54. The molecule has 0 atom stereocenters. The van der Waals surface area contributed by atoms with Crippen molar-refractivity contribution in [1.29, 1.82) is 0 Å². The van der Waals surface area contributed by atoms with Gasteiger partial charge in [0.1, 0.15) is 5.75 Å². The Bertz CT molecular complexity index is 442. The molecule has 0 aromatic heterocycles. The van der Waals surface area contributed by atoms with Crippen molar-refractivity contribution >= 4 is 6.03 Å². The molecule has 0 heterocycles. The molecule has 19 heavy (non-hydrogen) atoms. The average Bonchev–Trinajstić information content (AvgIpc) is 2.32. The number of aryl methyl sites for hydroxylation is 2. The van der Waals surface area contributed by atoms with E-state index in [9.17, 15) is 4.79 Å². The third-order valence-electron chi connectivity index (χ3n) is 2.95. The van der Waals surface area contributed by atoms with Crippen LogP contribution in [0, 0.1) is 13.8 Å². The molecule has 0 saturated carbocycles. The molecule has 0 aliphatic rings. The fourth-order valence-corrected chi connectivity index (χ4v) is 1.96. The lowest BCUT2D eigenvalue weighted by Gasteiger charge is -2.13. The summed E-state index contributed by atoms with van der Waals surface area (Å²) in [5.41, 5.74) is 3.55. The number of benzene rings is 1. The predicted molar refractivity (Wildman–Crippen MR) is 77.8 cm³/mol. The first-order valence-corrected chi connectivity index (χ1v) is 6.62. The summed E-state index contributed by atoms with van der Waals surface area (Å²) in [5, 5.41) is 5.66. The predicted octanol–water partition coefficient (Wildman–Crippen LogP) is 2.56. The van der Waals surface area contributed by atoms with Crippen molar-refractivity contribution in [2.75, 3.05) is 13.7 Å². The summed E-state index contributed by atoms with van der Waals surface area (Å²) in [6, 6.07) is 4.21. The molecule has 0 saturated heterocycles. The Morgan fingerprint density at radius 1 is 1.26 bits per heavy atom. The molecule has 0 radical (unpaired) electrons. The SMILES string of the molecule is COc1cc(C)c(CCNC(=O)NC(C)C)cc1C. The molecule has 2 amide bonds. The molecule has 2 N–H and O–H groups in total. The first-order chi connectivity index (χ1) is 8.93. The number of carbonyl (C=O) groups excluding carboxylic acids is 1. The first kappa shape index (κ1) is 15.3. The van der Waals surface area contributed by atoms with Crippen LogP contribution in [-0.2, 0) is 6.42 Å². The van der Waals surface area contributed by atoms with Gasteiger partial charge in [0.05, 0.1) is 7.11 Å². The summed E-state index contributed by atoms with van der Waals surface area (Å²) in [4.78, 5) is 11.5. The minimum absolute atomic E-state index is 0.113. The van der Waals surface area contributed by atoms with Crippen LogP contribution in [0.2, 0.25) is 0 Å². The first-order valence-electron chi connectivity index (χ1n) is 6.62. The number of rotatable bonds is 5. The topological polar surface area (TPSA) is 50.4 Å². The van der Waals surface area contributed by atoms with Crippen LogP contribution in [0.4, 0.5) is 4.79 Å². The Hall–Kier alpha value is -1.71. The van der Waals surface area contributed by atoms with Gasteiger partial charge in [0, 0.05) is 12.6 Å². The number of ether oxygens (including phenoxy) is 1. The van der Waals surface area contributed by atoms with Gasteiger partial charge in [0.2, 0.25) is 0 Å². The van der Waals surface area contributed by atoms with Gasteiger partial charge in [-0.3, -0.25) is 0 Å². The van der Waals surface area contributed by atoms with Crippen LogP contribution < -0.4 is 15.4 Å². The van der Waals surface area contributed by atoms with Crippen LogP contribution >= 0.6 is 0 Å². The number of carbonyl (C=O) groups is 1. The summed E-state index contributed by atoms with van der Waals surface area (Å²) in [6.07, 6.45) is 0.822. The van der Waals surface area contributed by atoms with Crippen molar-refractivity contribution in [2.24, 2.45) is 0 Å². The molecular formula is C15H24N2O2. The van der Waals surface area contributed by atoms with E-state index in [4.69, 9.17) is 4.74 Å². The van der Waals surface area contributed by atoms with Gasteiger partial charge in [0.15, 0.2) is 0 Å². The van der Waals surface area contributed by atoms with Gasteiger partial charge in [-0.25, -0.2) is 4.79 Å². The van der Waals surface area contributed by atoms with Gasteiger partial charge in [-0.15, -0.1) is 0 Å². The van der Waals surface area contributed by atoms with E-state index in [0.717, 1.165) is 17.7 Å². The molecule has 1 aromatic carbocycles. The number of nitrogens with one attached hydrogen (secondary N) is 2. The Morgan fingerprint density at radius 2 is 1.95 bits per heavy atom. The average molecular weight is 264 g/mol. The minimum atomic E-state index is -0.113. The van der Waals surface area contributed by atoms with E-state index in [0.29, 0.717) is 6.54 Å². The van der Waals surface area contributed by atoms with Crippen molar-refractivity contribution in [3.63, 3.8) is 0 Å². The lowest BCUT2D eigenvalue weighted by Crippen LogP contribution is -2.40. The highest BCUT2D eigenvalue weighted by atomic mass is 16.5. The number of hydrogen-bond donors (Lipinski definition) is 2. The van der Waals surface area contributed by atoms with Crippen LogP contribution in [0.15, 0.2) is 12.1 Å². The highest BCUT2D eigenvalue weighted by molar-refractivity contribution is 5.74. The van der Waals surface area contributed by atoms with Crippen LogP contribution in [-0.4, -0.2) is 25.7 Å². The number of urea groups is 1.